The highest BCUT2D eigenvalue weighted by Crippen LogP contribution is 2.25. The number of carbonyl (C=O) groups is 1. The highest BCUT2D eigenvalue weighted by Gasteiger charge is 2.42. The summed E-state index contributed by atoms with van der Waals surface area (Å²) in [6.45, 7) is 0.0915. The lowest BCUT2D eigenvalue weighted by molar-refractivity contribution is -0.132. The van der Waals surface area contributed by atoms with E-state index in [1.807, 2.05) is 12.1 Å². The Morgan fingerprint density at radius 1 is 1.43 bits per heavy atom. The SMILES string of the molecule is CN(CCc1ccncc1)C(=O)C1CC(F)(F)CN1.Cl.Cl. The summed E-state index contributed by atoms with van der Waals surface area (Å²) < 4.78 is 26.1. The van der Waals surface area contributed by atoms with Crippen LogP contribution >= 0.6 is 24.8 Å². The maximum absolute atomic E-state index is 13.0. The Morgan fingerprint density at radius 2 is 2.05 bits per heavy atom. The van der Waals surface area contributed by atoms with Crippen molar-refractivity contribution >= 4 is 30.7 Å². The molecule has 1 aromatic rings. The van der Waals surface area contributed by atoms with E-state index in [-0.39, 0.29) is 30.7 Å². The van der Waals surface area contributed by atoms with Gasteiger partial charge in [0.05, 0.1) is 12.6 Å². The topological polar surface area (TPSA) is 45.2 Å². The molecule has 1 aromatic heterocycles. The van der Waals surface area contributed by atoms with Crippen LogP contribution in [0.15, 0.2) is 24.5 Å². The first-order chi connectivity index (χ1) is 8.98. The molecule has 1 unspecified atom stereocenters. The number of aromatic nitrogens is 1. The fourth-order valence-electron chi connectivity index (χ4n) is 2.11. The second-order valence-corrected chi connectivity index (χ2v) is 4.86. The molecule has 21 heavy (non-hydrogen) atoms. The third-order valence-corrected chi connectivity index (χ3v) is 3.27. The van der Waals surface area contributed by atoms with E-state index in [1.54, 1.807) is 19.4 Å². The Bertz CT molecular complexity index is 448. The first-order valence-electron chi connectivity index (χ1n) is 6.23. The molecule has 0 bridgehead atoms. The Morgan fingerprint density at radius 3 is 2.57 bits per heavy atom. The van der Waals surface area contributed by atoms with E-state index >= 15 is 0 Å². The fourth-order valence-corrected chi connectivity index (χ4v) is 2.11. The first-order valence-corrected chi connectivity index (χ1v) is 6.23. The van der Waals surface area contributed by atoms with Crippen molar-refractivity contribution in [2.75, 3.05) is 20.1 Å². The number of nitrogens with one attached hydrogen (secondary N) is 1. The summed E-state index contributed by atoms with van der Waals surface area (Å²) in [5.74, 6) is -3.04. The van der Waals surface area contributed by atoms with Crippen LogP contribution in [0.4, 0.5) is 8.78 Å². The number of pyridine rings is 1. The number of hydrogen-bond acceptors (Lipinski definition) is 3. The average molecular weight is 342 g/mol. The smallest absolute Gasteiger partial charge is 0.262 e. The van der Waals surface area contributed by atoms with Gasteiger partial charge < -0.3 is 4.90 Å². The molecule has 2 rings (SSSR count). The summed E-state index contributed by atoms with van der Waals surface area (Å²) in [5, 5.41) is 2.57. The molecule has 0 radical (unpaired) electrons. The van der Waals surface area contributed by atoms with Gasteiger partial charge in [-0.05, 0) is 24.1 Å². The Kier molecular flexibility index (Phi) is 8.06. The van der Waals surface area contributed by atoms with Crippen LogP contribution in [0, 0.1) is 0 Å². The Labute approximate surface area is 135 Å². The quantitative estimate of drug-likeness (QED) is 0.909. The minimum Gasteiger partial charge on any atom is -0.344 e. The van der Waals surface area contributed by atoms with E-state index in [2.05, 4.69) is 10.3 Å². The van der Waals surface area contributed by atoms with Crippen LogP contribution in [0.3, 0.4) is 0 Å². The van der Waals surface area contributed by atoms with Gasteiger partial charge >= 0.3 is 0 Å². The van der Waals surface area contributed by atoms with Crippen molar-refractivity contribution in [3.8, 4) is 0 Å². The molecule has 0 saturated carbocycles. The number of rotatable bonds is 4. The zero-order valence-corrected chi connectivity index (χ0v) is 13.2. The molecule has 1 aliphatic heterocycles. The highest BCUT2D eigenvalue weighted by atomic mass is 35.5. The van der Waals surface area contributed by atoms with Crippen molar-refractivity contribution in [3.05, 3.63) is 30.1 Å². The molecule has 1 atom stereocenters. The summed E-state index contributed by atoms with van der Waals surface area (Å²) in [5.41, 5.74) is 1.07. The summed E-state index contributed by atoms with van der Waals surface area (Å²) >= 11 is 0. The molecule has 1 fully saturated rings. The maximum atomic E-state index is 13.0. The third kappa shape index (κ3) is 5.73. The van der Waals surface area contributed by atoms with Crippen LogP contribution in [0.2, 0.25) is 0 Å². The molecule has 8 heteroatoms. The molecule has 1 amide bonds. The number of nitrogens with zero attached hydrogens (tertiary/aromatic N) is 2. The van der Waals surface area contributed by atoms with Crippen molar-refractivity contribution < 1.29 is 13.6 Å². The average Bonchev–Trinajstić information content (AvgIpc) is 2.76. The predicted molar refractivity (Wildman–Crippen MR) is 81.4 cm³/mol. The van der Waals surface area contributed by atoms with Crippen LogP contribution in [0.5, 0.6) is 0 Å². The normalized spacial score (nSPS) is 19.3. The largest absolute Gasteiger partial charge is 0.344 e. The van der Waals surface area contributed by atoms with Gasteiger partial charge in [-0.2, -0.15) is 0 Å². The van der Waals surface area contributed by atoms with Crippen LogP contribution in [0.25, 0.3) is 0 Å². The van der Waals surface area contributed by atoms with Gasteiger partial charge in [0.15, 0.2) is 0 Å². The fraction of sp³-hybridized carbons (Fsp3) is 0.538. The number of likely N-dealkylation sites (N-methyl/N-ethyl adjacent to an activating group) is 1. The number of halogens is 4. The molecular formula is C13H19Cl2F2N3O. The second-order valence-electron chi connectivity index (χ2n) is 4.86. The molecular weight excluding hydrogens is 323 g/mol. The molecule has 1 saturated heterocycles. The number of alkyl halides is 2. The van der Waals surface area contributed by atoms with Crippen molar-refractivity contribution in [1.29, 1.82) is 0 Å². The monoisotopic (exact) mass is 341 g/mol. The molecule has 0 aliphatic carbocycles. The van der Waals surface area contributed by atoms with Gasteiger partial charge in [-0.15, -0.1) is 24.8 Å². The lowest BCUT2D eigenvalue weighted by atomic mass is 10.1. The molecule has 120 valence electrons. The third-order valence-electron chi connectivity index (χ3n) is 3.27. The van der Waals surface area contributed by atoms with E-state index in [4.69, 9.17) is 0 Å². The van der Waals surface area contributed by atoms with E-state index in [0.717, 1.165) is 5.56 Å². The van der Waals surface area contributed by atoms with Crippen LogP contribution < -0.4 is 5.32 Å². The van der Waals surface area contributed by atoms with Gasteiger partial charge in [-0.1, -0.05) is 0 Å². The lowest BCUT2D eigenvalue weighted by Gasteiger charge is -2.21. The minimum atomic E-state index is -2.77. The summed E-state index contributed by atoms with van der Waals surface area (Å²) in [7, 11) is 1.64. The predicted octanol–water partition coefficient (Wildman–Crippen LogP) is 1.92. The van der Waals surface area contributed by atoms with E-state index in [1.165, 1.54) is 4.90 Å². The standard InChI is InChI=1S/C13H17F2N3O.2ClH/c1-18(7-4-10-2-5-16-6-3-10)12(19)11-8-13(14,15)9-17-11;;/h2-3,5-6,11,17H,4,7-9H2,1H3;2*1H. The molecule has 0 aromatic carbocycles. The Hall–Kier alpha value is -0.980. The number of carbonyl (C=O) groups excluding carboxylic acids is 1. The molecule has 4 nitrogen and oxygen atoms in total. The van der Waals surface area contributed by atoms with E-state index in [9.17, 15) is 13.6 Å². The van der Waals surface area contributed by atoms with E-state index in [0.29, 0.717) is 13.0 Å². The van der Waals surface area contributed by atoms with Crippen molar-refractivity contribution in [2.24, 2.45) is 0 Å². The minimum absolute atomic E-state index is 0. The zero-order chi connectivity index (χ0) is 13.9. The maximum Gasteiger partial charge on any atom is 0.262 e. The van der Waals surface area contributed by atoms with Crippen molar-refractivity contribution in [1.82, 2.24) is 15.2 Å². The van der Waals surface area contributed by atoms with Gasteiger partial charge in [0.25, 0.3) is 5.92 Å². The van der Waals surface area contributed by atoms with Crippen molar-refractivity contribution in [2.45, 2.75) is 24.8 Å². The van der Waals surface area contributed by atoms with Crippen LogP contribution in [0.1, 0.15) is 12.0 Å². The lowest BCUT2D eigenvalue weighted by Crippen LogP contribution is -2.42. The van der Waals surface area contributed by atoms with Gasteiger partial charge in [0, 0.05) is 32.4 Å². The first kappa shape index (κ1) is 20.0. The highest BCUT2D eigenvalue weighted by molar-refractivity contribution is 5.85. The summed E-state index contributed by atoms with van der Waals surface area (Å²) in [6, 6.07) is 2.98. The van der Waals surface area contributed by atoms with Crippen molar-refractivity contribution in [3.63, 3.8) is 0 Å². The summed E-state index contributed by atoms with van der Waals surface area (Å²) in [4.78, 5) is 17.4. The molecule has 0 spiro atoms. The van der Waals surface area contributed by atoms with Gasteiger partial charge in [-0.3, -0.25) is 15.1 Å². The second kappa shape index (κ2) is 8.46. The molecule has 1 aliphatic rings. The zero-order valence-electron chi connectivity index (χ0n) is 11.6. The van der Waals surface area contributed by atoms with Crippen LogP contribution in [-0.2, 0) is 11.2 Å². The Balaban J connectivity index is 0.00000200. The molecule has 1 N–H and O–H groups in total. The van der Waals surface area contributed by atoms with E-state index < -0.39 is 24.9 Å². The summed E-state index contributed by atoms with van der Waals surface area (Å²) in [6.07, 6.45) is 3.66. The molecule has 2 heterocycles. The number of amides is 1. The van der Waals surface area contributed by atoms with Gasteiger partial charge in [-0.25, -0.2) is 8.78 Å². The number of hydrogen-bond donors (Lipinski definition) is 1. The van der Waals surface area contributed by atoms with Crippen LogP contribution in [-0.4, -0.2) is 47.9 Å². The van der Waals surface area contributed by atoms with Gasteiger partial charge in [0.1, 0.15) is 0 Å². The van der Waals surface area contributed by atoms with Gasteiger partial charge in [0.2, 0.25) is 5.91 Å².